The average Bonchev–Trinajstić information content (AvgIpc) is 3.36. The summed E-state index contributed by atoms with van der Waals surface area (Å²) in [5.41, 5.74) is -0.271. The van der Waals surface area contributed by atoms with E-state index in [1.54, 1.807) is 18.2 Å². The van der Waals surface area contributed by atoms with Crippen LogP contribution in [0.3, 0.4) is 0 Å². The number of aliphatic hydroxyl groups excluding tert-OH is 1. The lowest BCUT2D eigenvalue weighted by atomic mass is 9.94. The van der Waals surface area contributed by atoms with Gasteiger partial charge in [0, 0.05) is 24.7 Å². The van der Waals surface area contributed by atoms with Gasteiger partial charge in [0.1, 0.15) is 5.82 Å². The van der Waals surface area contributed by atoms with Gasteiger partial charge in [0.25, 0.3) is 0 Å². The third kappa shape index (κ3) is 3.07. The Bertz CT molecular complexity index is 643. The second kappa shape index (κ2) is 6.67. The first kappa shape index (κ1) is 16.9. The number of aliphatic hydroxyl groups is 1. The Kier molecular flexibility index (Phi) is 4.52. The molecule has 3 aliphatic rings. The molecule has 25 heavy (non-hydrogen) atoms. The molecule has 1 amide bonds. The van der Waals surface area contributed by atoms with Gasteiger partial charge >= 0.3 is 0 Å². The van der Waals surface area contributed by atoms with Crippen molar-refractivity contribution in [1.82, 2.24) is 10.2 Å². The van der Waals surface area contributed by atoms with E-state index in [9.17, 15) is 14.3 Å². The highest BCUT2D eigenvalue weighted by molar-refractivity contribution is 5.91. The number of benzene rings is 1. The monoisotopic (exact) mass is 348 g/mol. The molecule has 136 valence electrons. The molecule has 3 fully saturated rings. The highest BCUT2D eigenvalue weighted by Crippen LogP contribution is 2.49. The third-order valence-corrected chi connectivity index (χ3v) is 5.99. The SMILES string of the molecule is O=C(N[C@@H]1CC[C@@H](N2CCOCC2)[C@@H]1O)C1(c2ccccc2F)CC1. The Hall–Kier alpha value is -1.50. The number of amides is 1. The van der Waals surface area contributed by atoms with Gasteiger partial charge in [0.2, 0.25) is 5.91 Å². The molecule has 1 aromatic carbocycles. The summed E-state index contributed by atoms with van der Waals surface area (Å²) in [6.45, 7) is 3.02. The zero-order valence-corrected chi connectivity index (χ0v) is 14.3. The molecular formula is C19H25FN2O3. The minimum Gasteiger partial charge on any atom is -0.389 e. The quantitative estimate of drug-likeness (QED) is 0.858. The van der Waals surface area contributed by atoms with E-state index in [0.29, 0.717) is 31.6 Å². The second-order valence-electron chi connectivity index (χ2n) is 7.43. The molecule has 2 saturated carbocycles. The number of hydrogen-bond donors (Lipinski definition) is 2. The van der Waals surface area contributed by atoms with E-state index < -0.39 is 11.5 Å². The van der Waals surface area contributed by atoms with Gasteiger partial charge in [0.05, 0.1) is 30.8 Å². The first-order chi connectivity index (χ1) is 12.1. The number of halogens is 1. The minimum absolute atomic E-state index is 0.0674. The van der Waals surface area contributed by atoms with Crippen molar-refractivity contribution in [1.29, 1.82) is 0 Å². The molecule has 1 saturated heterocycles. The fourth-order valence-electron chi connectivity index (χ4n) is 4.32. The standard InChI is InChI=1S/C19H25FN2O3/c20-14-4-2-1-3-13(14)19(7-8-19)18(24)21-15-5-6-16(17(15)23)22-9-11-25-12-10-22/h1-4,15-17,23H,5-12H2,(H,21,24)/t15-,16-,17-/m1/s1. The Morgan fingerprint density at radius 2 is 1.96 bits per heavy atom. The van der Waals surface area contributed by atoms with Gasteiger partial charge in [-0.2, -0.15) is 0 Å². The van der Waals surface area contributed by atoms with E-state index in [1.807, 2.05) is 0 Å². The number of ether oxygens (including phenoxy) is 1. The van der Waals surface area contributed by atoms with Crippen LogP contribution in [0.15, 0.2) is 24.3 Å². The van der Waals surface area contributed by atoms with Gasteiger partial charge in [-0.15, -0.1) is 0 Å². The molecule has 0 radical (unpaired) electrons. The maximum absolute atomic E-state index is 14.1. The van der Waals surface area contributed by atoms with Crippen molar-refractivity contribution in [3.63, 3.8) is 0 Å². The van der Waals surface area contributed by atoms with Gasteiger partial charge in [-0.3, -0.25) is 9.69 Å². The second-order valence-corrected chi connectivity index (χ2v) is 7.43. The summed E-state index contributed by atoms with van der Waals surface area (Å²) in [5.74, 6) is -0.474. The smallest absolute Gasteiger partial charge is 0.231 e. The number of hydrogen-bond acceptors (Lipinski definition) is 4. The molecule has 2 N–H and O–H groups in total. The van der Waals surface area contributed by atoms with Crippen LogP contribution in [-0.4, -0.2) is 60.4 Å². The zero-order chi connectivity index (χ0) is 17.4. The van der Waals surface area contributed by atoms with Gasteiger partial charge < -0.3 is 15.2 Å². The van der Waals surface area contributed by atoms with Crippen molar-refractivity contribution in [3.05, 3.63) is 35.6 Å². The normalized spacial score (nSPS) is 31.7. The molecule has 1 heterocycles. The first-order valence-electron chi connectivity index (χ1n) is 9.18. The van der Waals surface area contributed by atoms with E-state index in [4.69, 9.17) is 4.74 Å². The molecule has 5 nitrogen and oxygen atoms in total. The Morgan fingerprint density at radius 1 is 1.24 bits per heavy atom. The summed E-state index contributed by atoms with van der Waals surface area (Å²) < 4.78 is 19.5. The van der Waals surface area contributed by atoms with Crippen LogP contribution in [0.5, 0.6) is 0 Å². The molecule has 1 aromatic rings. The highest BCUT2D eigenvalue weighted by Gasteiger charge is 2.54. The van der Waals surface area contributed by atoms with Crippen molar-refractivity contribution in [2.24, 2.45) is 0 Å². The van der Waals surface area contributed by atoms with Crippen molar-refractivity contribution in [2.75, 3.05) is 26.3 Å². The van der Waals surface area contributed by atoms with Gasteiger partial charge in [-0.05, 0) is 31.7 Å². The summed E-state index contributed by atoms with van der Waals surface area (Å²) >= 11 is 0. The van der Waals surface area contributed by atoms with Crippen LogP contribution in [0.25, 0.3) is 0 Å². The first-order valence-corrected chi connectivity index (χ1v) is 9.18. The zero-order valence-electron chi connectivity index (χ0n) is 14.3. The number of rotatable bonds is 4. The van der Waals surface area contributed by atoms with E-state index >= 15 is 0 Å². The molecule has 3 atom stereocenters. The number of carbonyl (C=O) groups excluding carboxylic acids is 1. The molecule has 0 aromatic heterocycles. The lowest BCUT2D eigenvalue weighted by molar-refractivity contribution is -0.125. The summed E-state index contributed by atoms with van der Waals surface area (Å²) in [6.07, 6.45) is 2.35. The summed E-state index contributed by atoms with van der Waals surface area (Å²) in [5, 5.41) is 13.7. The van der Waals surface area contributed by atoms with E-state index in [0.717, 1.165) is 25.9 Å². The molecule has 0 unspecified atom stereocenters. The van der Waals surface area contributed by atoms with Crippen LogP contribution in [0.1, 0.15) is 31.2 Å². The molecule has 0 bridgehead atoms. The predicted molar refractivity (Wildman–Crippen MR) is 90.7 cm³/mol. The number of carbonyl (C=O) groups is 1. The molecular weight excluding hydrogens is 323 g/mol. The maximum Gasteiger partial charge on any atom is 0.231 e. The van der Waals surface area contributed by atoms with Crippen LogP contribution in [0, 0.1) is 5.82 Å². The molecule has 2 aliphatic carbocycles. The van der Waals surface area contributed by atoms with Crippen molar-refractivity contribution >= 4 is 5.91 Å². The summed E-state index contributed by atoms with van der Waals surface area (Å²) in [4.78, 5) is 15.1. The Labute approximate surface area is 147 Å². The number of nitrogens with one attached hydrogen (secondary N) is 1. The van der Waals surface area contributed by atoms with Crippen LogP contribution >= 0.6 is 0 Å². The molecule has 1 aliphatic heterocycles. The largest absolute Gasteiger partial charge is 0.389 e. The fourth-order valence-corrected chi connectivity index (χ4v) is 4.32. The molecule has 0 spiro atoms. The Morgan fingerprint density at radius 3 is 2.64 bits per heavy atom. The van der Waals surface area contributed by atoms with Crippen molar-refractivity contribution in [3.8, 4) is 0 Å². The Balaban J connectivity index is 1.42. The van der Waals surface area contributed by atoms with Crippen molar-refractivity contribution < 1.29 is 19.0 Å². The van der Waals surface area contributed by atoms with Gasteiger partial charge in [-0.25, -0.2) is 4.39 Å². The van der Waals surface area contributed by atoms with Crippen LogP contribution in [0.2, 0.25) is 0 Å². The average molecular weight is 348 g/mol. The topological polar surface area (TPSA) is 61.8 Å². The number of nitrogens with zero attached hydrogens (tertiary/aromatic N) is 1. The van der Waals surface area contributed by atoms with E-state index in [2.05, 4.69) is 10.2 Å². The predicted octanol–water partition coefficient (Wildman–Crippen LogP) is 1.20. The van der Waals surface area contributed by atoms with E-state index in [-0.39, 0.29) is 23.8 Å². The minimum atomic E-state index is -0.748. The summed E-state index contributed by atoms with van der Waals surface area (Å²) in [6, 6.07) is 6.32. The van der Waals surface area contributed by atoms with Gasteiger partial charge in [0.15, 0.2) is 0 Å². The maximum atomic E-state index is 14.1. The molecule has 6 heteroatoms. The van der Waals surface area contributed by atoms with Crippen LogP contribution in [0.4, 0.5) is 4.39 Å². The third-order valence-electron chi connectivity index (χ3n) is 5.99. The van der Waals surface area contributed by atoms with Crippen LogP contribution in [-0.2, 0) is 14.9 Å². The summed E-state index contributed by atoms with van der Waals surface area (Å²) in [7, 11) is 0. The lowest BCUT2D eigenvalue weighted by Crippen LogP contribution is -2.52. The van der Waals surface area contributed by atoms with Gasteiger partial charge in [-0.1, -0.05) is 18.2 Å². The van der Waals surface area contributed by atoms with E-state index in [1.165, 1.54) is 6.07 Å². The lowest BCUT2D eigenvalue weighted by Gasteiger charge is -2.34. The fraction of sp³-hybridized carbons (Fsp3) is 0.632. The van der Waals surface area contributed by atoms with Crippen molar-refractivity contribution in [2.45, 2.75) is 49.3 Å². The number of morpholine rings is 1. The van der Waals surface area contributed by atoms with Crippen LogP contribution < -0.4 is 5.32 Å². The highest BCUT2D eigenvalue weighted by atomic mass is 19.1. The molecule has 4 rings (SSSR count).